The fraction of sp³-hybridized carbons (Fsp3) is 0.417. The molecule has 7 nitrogen and oxygen atoms in total. The quantitative estimate of drug-likeness (QED) is 0.415. The predicted molar refractivity (Wildman–Crippen MR) is 143 cm³/mol. The van der Waals surface area contributed by atoms with E-state index in [0.29, 0.717) is 32.7 Å². The maximum Gasteiger partial charge on any atom is 0.242 e. The van der Waals surface area contributed by atoms with Gasteiger partial charge in [-0.25, -0.2) is 8.42 Å². The van der Waals surface area contributed by atoms with Crippen LogP contribution in [0.5, 0.6) is 0 Å². The summed E-state index contributed by atoms with van der Waals surface area (Å²) in [4.78, 5) is 27.3. The summed E-state index contributed by atoms with van der Waals surface area (Å²) in [6.45, 7) is 3.81. The van der Waals surface area contributed by atoms with Crippen LogP contribution in [-0.4, -0.2) is 51.0 Å². The highest BCUT2D eigenvalue weighted by Gasteiger charge is 2.29. The van der Waals surface area contributed by atoms with Crippen molar-refractivity contribution in [2.45, 2.75) is 45.7 Å². The second-order valence-corrected chi connectivity index (χ2v) is 11.4. The summed E-state index contributed by atoms with van der Waals surface area (Å²) < 4.78 is 26.3. The summed E-state index contributed by atoms with van der Waals surface area (Å²) in [7, 11) is -2.10. The van der Waals surface area contributed by atoms with Crippen LogP contribution in [0.2, 0.25) is 15.1 Å². The number of likely N-dealkylation sites (N-methyl/N-ethyl adjacent to an activating group) is 1. The first-order valence-electron chi connectivity index (χ1n) is 11.1. The van der Waals surface area contributed by atoms with Gasteiger partial charge in [0.2, 0.25) is 21.8 Å². The second kappa shape index (κ2) is 12.8. The van der Waals surface area contributed by atoms with E-state index >= 15 is 0 Å². The Morgan fingerprint density at radius 3 is 2.26 bits per heavy atom. The van der Waals surface area contributed by atoms with Crippen molar-refractivity contribution in [3.8, 4) is 0 Å². The van der Waals surface area contributed by atoms with Crippen molar-refractivity contribution in [2.24, 2.45) is 0 Å². The molecule has 0 aromatic heterocycles. The molecule has 2 aromatic rings. The number of anilines is 1. The fourth-order valence-electron chi connectivity index (χ4n) is 3.75. The molecule has 1 unspecified atom stereocenters. The molecule has 35 heavy (non-hydrogen) atoms. The minimum absolute atomic E-state index is 0.0321. The summed E-state index contributed by atoms with van der Waals surface area (Å²) in [6.07, 6.45) is 1.79. The van der Waals surface area contributed by atoms with Crippen LogP contribution in [0.25, 0.3) is 0 Å². The van der Waals surface area contributed by atoms with Gasteiger partial charge in [-0.15, -0.1) is 0 Å². The normalized spacial score (nSPS) is 12.2. The lowest BCUT2D eigenvalue weighted by atomic mass is 10.1. The van der Waals surface area contributed by atoms with Gasteiger partial charge in [0.25, 0.3) is 0 Å². The Kier molecular flexibility index (Phi) is 10.7. The van der Waals surface area contributed by atoms with Crippen molar-refractivity contribution in [2.75, 3.05) is 24.2 Å². The number of hydrogen-bond donors (Lipinski definition) is 1. The zero-order valence-electron chi connectivity index (χ0n) is 20.1. The Hall–Kier alpha value is -2.00. The fourth-order valence-corrected chi connectivity index (χ4v) is 5.40. The molecule has 0 saturated carbocycles. The van der Waals surface area contributed by atoms with Gasteiger partial charge in [0.1, 0.15) is 6.04 Å². The summed E-state index contributed by atoms with van der Waals surface area (Å²) in [5.41, 5.74) is 1.86. The predicted octanol–water partition coefficient (Wildman–Crippen LogP) is 5.05. The van der Waals surface area contributed by atoms with Gasteiger partial charge in [-0.05, 0) is 55.2 Å². The Balaban J connectivity index is 2.26. The third-order valence-electron chi connectivity index (χ3n) is 5.58. The van der Waals surface area contributed by atoms with Crippen LogP contribution >= 0.6 is 34.8 Å². The third-order valence-corrected chi connectivity index (χ3v) is 7.58. The smallest absolute Gasteiger partial charge is 0.242 e. The Morgan fingerprint density at radius 1 is 1.06 bits per heavy atom. The molecule has 192 valence electrons. The van der Waals surface area contributed by atoms with Gasteiger partial charge in [0.05, 0.1) is 11.9 Å². The van der Waals surface area contributed by atoms with Gasteiger partial charge in [-0.2, -0.15) is 0 Å². The van der Waals surface area contributed by atoms with Crippen molar-refractivity contribution in [3.63, 3.8) is 0 Å². The van der Waals surface area contributed by atoms with Gasteiger partial charge < -0.3 is 10.2 Å². The van der Waals surface area contributed by atoms with E-state index in [2.05, 4.69) is 5.32 Å². The van der Waals surface area contributed by atoms with Gasteiger partial charge >= 0.3 is 0 Å². The molecule has 0 saturated heterocycles. The molecule has 2 rings (SSSR count). The van der Waals surface area contributed by atoms with E-state index in [4.69, 9.17) is 34.8 Å². The molecule has 0 heterocycles. The van der Waals surface area contributed by atoms with Crippen LogP contribution in [0.4, 0.5) is 5.69 Å². The number of aryl methyl sites for hydroxylation is 1. The zero-order valence-corrected chi connectivity index (χ0v) is 23.2. The van der Waals surface area contributed by atoms with Gasteiger partial charge in [-0.3, -0.25) is 13.9 Å². The highest BCUT2D eigenvalue weighted by Crippen LogP contribution is 2.27. The van der Waals surface area contributed by atoms with Crippen molar-refractivity contribution in [1.82, 2.24) is 10.2 Å². The van der Waals surface area contributed by atoms with E-state index in [1.165, 1.54) is 16.3 Å². The average molecular weight is 563 g/mol. The second-order valence-electron chi connectivity index (χ2n) is 8.17. The molecule has 11 heteroatoms. The number of carbonyl (C=O) groups excluding carboxylic acids is 2. The zero-order chi connectivity index (χ0) is 26.3. The van der Waals surface area contributed by atoms with Crippen molar-refractivity contribution >= 4 is 62.3 Å². The highest BCUT2D eigenvalue weighted by molar-refractivity contribution is 7.92. The summed E-state index contributed by atoms with van der Waals surface area (Å²) in [5.74, 6) is -0.582. The Bertz CT molecular complexity index is 1170. The summed E-state index contributed by atoms with van der Waals surface area (Å²) >= 11 is 18.4. The largest absolute Gasteiger partial charge is 0.357 e. The standard InChI is InChI=1S/C24H30Cl3N3O4S/c1-5-21(24(32)28-3)29(15-17-9-11-18(25)13-20(17)27)23(31)7-6-12-30(35(4,33)34)22-14-19(26)10-8-16(22)2/h8-11,13-14,21H,5-7,12,15H2,1-4H3,(H,28,32). The van der Waals surface area contributed by atoms with Crippen molar-refractivity contribution in [1.29, 1.82) is 0 Å². The van der Waals surface area contributed by atoms with Crippen LogP contribution in [-0.2, 0) is 26.2 Å². The van der Waals surface area contributed by atoms with Crippen molar-refractivity contribution in [3.05, 3.63) is 62.6 Å². The number of amides is 2. The number of halogens is 3. The van der Waals surface area contributed by atoms with Crippen LogP contribution in [0.1, 0.15) is 37.3 Å². The number of benzene rings is 2. The molecule has 2 aromatic carbocycles. The van der Waals surface area contributed by atoms with E-state index in [1.54, 1.807) is 43.3 Å². The molecule has 0 aliphatic carbocycles. The number of nitrogens with one attached hydrogen (secondary N) is 1. The number of carbonyl (C=O) groups is 2. The van der Waals surface area contributed by atoms with Crippen LogP contribution in [0, 0.1) is 6.92 Å². The van der Waals surface area contributed by atoms with Crippen LogP contribution < -0.4 is 9.62 Å². The van der Waals surface area contributed by atoms with Gasteiger partial charge in [0, 0.05) is 41.6 Å². The van der Waals surface area contributed by atoms with E-state index in [9.17, 15) is 18.0 Å². The first-order valence-corrected chi connectivity index (χ1v) is 14.1. The molecule has 0 aliphatic rings. The highest BCUT2D eigenvalue weighted by atomic mass is 35.5. The monoisotopic (exact) mass is 561 g/mol. The molecule has 0 aliphatic heterocycles. The molecule has 2 amide bonds. The first kappa shape index (κ1) is 29.2. The van der Waals surface area contributed by atoms with Gasteiger partial charge in [-0.1, -0.05) is 53.9 Å². The van der Waals surface area contributed by atoms with Crippen molar-refractivity contribution < 1.29 is 18.0 Å². The van der Waals surface area contributed by atoms with E-state index in [1.807, 2.05) is 6.92 Å². The lowest BCUT2D eigenvalue weighted by molar-refractivity contribution is -0.141. The molecule has 1 atom stereocenters. The maximum atomic E-state index is 13.3. The minimum atomic E-state index is -3.62. The van der Waals surface area contributed by atoms with E-state index < -0.39 is 16.1 Å². The average Bonchev–Trinajstić information content (AvgIpc) is 2.78. The molecule has 0 fully saturated rings. The van der Waals surface area contributed by atoms with Crippen LogP contribution in [0.15, 0.2) is 36.4 Å². The lowest BCUT2D eigenvalue weighted by Gasteiger charge is -2.31. The number of rotatable bonds is 11. The molecular weight excluding hydrogens is 533 g/mol. The summed E-state index contributed by atoms with van der Waals surface area (Å²) in [6, 6.07) is 9.28. The molecule has 0 bridgehead atoms. The third kappa shape index (κ3) is 8.00. The molecule has 1 N–H and O–H groups in total. The minimum Gasteiger partial charge on any atom is -0.357 e. The topological polar surface area (TPSA) is 86.8 Å². The van der Waals surface area contributed by atoms with Crippen LogP contribution in [0.3, 0.4) is 0 Å². The maximum absolute atomic E-state index is 13.3. The Labute approximate surface area is 222 Å². The first-order chi connectivity index (χ1) is 16.4. The molecule has 0 radical (unpaired) electrons. The van der Waals surface area contributed by atoms with E-state index in [-0.39, 0.29) is 37.7 Å². The van der Waals surface area contributed by atoms with Gasteiger partial charge in [0.15, 0.2) is 0 Å². The summed E-state index contributed by atoms with van der Waals surface area (Å²) in [5, 5.41) is 3.87. The number of hydrogen-bond acceptors (Lipinski definition) is 4. The molecule has 0 spiro atoms. The number of sulfonamides is 1. The van der Waals surface area contributed by atoms with E-state index in [0.717, 1.165) is 11.8 Å². The lowest BCUT2D eigenvalue weighted by Crippen LogP contribution is -2.48. The SMILES string of the molecule is CCC(C(=O)NC)N(Cc1ccc(Cl)cc1Cl)C(=O)CCCN(c1cc(Cl)ccc1C)S(C)(=O)=O. The molecular formula is C24H30Cl3N3O4S. The Morgan fingerprint density at radius 2 is 1.69 bits per heavy atom. The number of nitrogens with zero attached hydrogens (tertiary/aromatic N) is 2.